The van der Waals surface area contributed by atoms with E-state index < -0.39 is 22.9 Å². The Hall–Kier alpha value is -3.00. The number of aromatic nitrogens is 1. The number of aromatic hydroxyl groups is 1. The Balaban J connectivity index is 1.64. The predicted molar refractivity (Wildman–Crippen MR) is 113 cm³/mol. The van der Waals surface area contributed by atoms with Gasteiger partial charge in [-0.05, 0) is 50.9 Å². The van der Waals surface area contributed by atoms with E-state index >= 15 is 0 Å². The zero-order chi connectivity index (χ0) is 22.3. The number of halogens is 1. The number of Topliss-reactive ketones (excluding diaryl/α,β-unsaturated/α-hetero) is 1. The summed E-state index contributed by atoms with van der Waals surface area (Å²) >= 11 is 0. The number of benzene rings is 1. The zero-order valence-corrected chi connectivity index (χ0v) is 17.7. The Morgan fingerprint density at radius 3 is 2.65 bits per heavy atom. The van der Waals surface area contributed by atoms with Crippen molar-refractivity contribution in [2.45, 2.75) is 51.4 Å². The van der Waals surface area contributed by atoms with Gasteiger partial charge in [0.15, 0.2) is 17.2 Å². The third-order valence-electron chi connectivity index (χ3n) is 6.48. The summed E-state index contributed by atoms with van der Waals surface area (Å²) in [6, 6.07) is 6.11. The second-order valence-electron chi connectivity index (χ2n) is 8.41. The first kappa shape index (κ1) is 21.2. The number of amides is 1. The smallest absolute Gasteiger partial charge is 0.275 e. The molecule has 8 heteroatoms. The molecule has 2 aliphatic heterocycles. The molecule has 0 spiro atoms. The van der Waals surface area contributed by atoms with Crippen molar-refractivity contribution in [1.82, 2.24) is 14.4 Å². The molecule has 0 radical (unpaired) electrons. The van der Waals surface area contributed by atoms with Crippen LogP contribution in [0, 0.1) is 5.82 Å². The number of pyridine rings is 1. The zero-order valence-electron chi connectivity index (χ0n) is 17.7. The standard InChI is InChI=1S/C23H26FN3O4/c1-14-4-3-11-27-19(25(14)2)13-26-12-17(21(29)22(30)20(26)23(27)31)18(28)10-7-15-5-8-16(24)9-6-15/h5-6,8-9,12,14,19,30H,3-4,7,10-11,13H2,1-2H3/t14-,19?/m0/s1. The highest BCUT2D eigenvalue weighted by molar-refractivity contribution is 6.00. The van der Waals surface area contributed by atoms with E-state index in [0.717, 1.165) is 18.4 Å². The van der Waals surface area contributed by atoms with Crippen LogP contribution < -0.4 is 5.43 Å². The fourth-order valence-corrected chi connectivity index (χ4v) is 4.46. The molecule has 1 aromatic carbocycles. The van der Waals surface area contributed by atoms with Crippen LogP contribution in [0.25, 0.3) is 0 Å². The van der Waals surface area contributed by atoms with Gasteiger partial charge in [0.2, 0.25) is 5.43 Å². The van der Waals surface area contributed by atoms with Crippen molar-refractivity contribution in [2.75, 3.05) is 13.6 Å². The van der Waals surface area contributed by atoms with Gasteiger partial charge in [0, 0.05) is 25.2 Å². The Morgan fingerprint density at radius 1 is 1.23 bits per heavy atom. The van der Waals surface area contributed by atoms with E-state index in [9.17, 15) is 23.9 Å². The van der Waals surface area contributed by atoms with Crippen LogP contribution in [0.15, 0.2) is 35.3 Å². The molecule has 2 aromatic rings. The van der Waals surface area contributed by atoms with Crippen LogP contribution in [0.5, 0.6) is 5.75 Å². The van der Waals surface area contributed by atoms with Gasteiger partial charge in [0.25, 0.3) is 5.91 Å². The van der Waals surface area contributed by atoms with Gasteiger partial charge in [-0.15, -0.1) is 0 Å². The van der Waals surface area contributed by atoms with Gasteiger partial charge in [-0.1, -0.05) is 12.1 Å². The molecule has 1 aromatic heterocycles. The van der Waals surface area contributed by atoms with Crippen molar-refractivity contribution < 1.29 is 19.1 Å². The summed E-state index contributed by atoms with van der Waals surface area (Å²) in [4.78, 5) is 42.4. The Labute approximate surface area is 179 Å². The first-order valence-electron chi connectivity index (χ1n) is 10.5. The molecule has 4 rings (SSSR count). The van der Waals surface area contributed by atoms with Crippen LogP contribution in [-0.2, 0) is 13.0 Å². The second kappa shape index (κ2) is 8.26. The number of likely N-dealkylation sites (N-methyl/N-ethyl adjacent to an activating group) is 1. The first-order valence-corrected chi connectivity index (χ1v) is 10.5. The number of nitrogens with zero attached hydrogens (tertiary/aromatic N) is 3. The summed E-state index contributed by atoms with van der Waals surface area (Å²) in [5.41, 5.74) is -0.233. The highest BCUT2D eigenvalue weighted by Gasteiger charge is 2.40. The Morgan fingerprint density at radius 2 is 1.94 bits per heavy atom. The van der Waals surface area contributed by atoms with Crippen LogP contribution >= 0.6 is 0 Å². The minimum atomic E-state index is -0.821. The molecule has 1 fully saturated rings. The van der Waals surface area contributed by atoms with Crippen LogP contribution in [-0.4, -0.2) is 57.0 Å². The summed E-state index contributed by atoms with van der Waals surface area (Å²) in [5, 5.41) is 10.5. The number of fused-ring (bicyclic) bond motifs is 2. The summed E-state index contributed by atoms with van der Waals surface area (Å²) in [5.74, 6) is -1.84. The summed E-state index contributed by atoms with van der Waals surface area (Å²) < 4.78 is 14.6. The van der Waals surface area contributed by atoms with Crippen molar-refractivity contribution in [3.63, 3.8) is 0 Å². The van der Waals surface area contributed by atoms with E-state index in [1.54, 1.807) is 21.6 Å². The monoisotopic (exact) mass is 427 g/mol. The first-order chi connectivity index (χ1) is 14.8. The molecule has 3 heterocycles. The topological polar surface area (TPSA) is 82.9 Å². The number of aryl methyl sites for hydroxylation is 1. The summed E-state index contributed by atoms with van der Waals surface area (Å²) in [6.07, 6.45) is 3.38. The molecule has 1 unspecified atom stereocenters. The molecule has 31 heavy (non-hydrogen) atoms. The third kappa shape index (κ3) is 3.87. The predicted octanol–water partition coefficient (Wildman–Crippen LogP) is 2.40. The van der Waals surface area contributed by atoms with Gasteiger partial charge in [0.05, 0.1) is 12.1 Å². The minimum absolute atomic E-state index is 0.0418. The van der Waals surface area contributed by atoms with Gasteiger partial charge in [-0.2, -0.15) is 0 Å². The van der Waals surface area contributed by atoms with Crippen LogP contribution in [0.1, 0.15) is 52.6 Å². The van der Waals surface area contributed by atoms with Crippen molar-refractivity contribution in [2.24, 2.45) is 0 Å². The minimum Gasteiger partial charge on any atom is -0.503 e. The van der Waals surface area contributed by atoms with Crippen molar-refractivity contribution >= 4 is 11.7 Å². The average molecular weight is 427 g/mol. The van der Waals surface area contributed by atoms with Crippen LogP contribution in [0.4, 0.5) is 4.39 Å². The second-order valence-corrected chi connectivity index (χ2v) is 8.41. The molecule has 2 aliphatic rings. The fraction of sp³-hybridized carbons (Fsp3) is 0.435. The maximum absolute atomic E-state index is 13.1. The van der Waals surface area contributed by atoms with Crippen molar-refractivity contribution in [3.05, 3.63) is 63.3 Å². The number of hydrogen-bond donors (Lipinski definition) is 1. The van der Waals surface area contributed by atoms with E-state index in [0.29, 0.717) is 19.5 Å². The molecule has 2 atom stereocenters. The van der Waals surface area contributed by atoms with E-state index in [2.05, 4.69) is 11.8 Å². The highest BCUT2D eigenvalue weighted by atomic mass is 19.1. The lowest BCUT2D eigenvalue weighted by molar-refractivity contribution is 0.0210. The molecule has 7 nitrogen and oxygen atoms in total. The molecule has 1 N–H and O–H groups in total. The molecule has 0 aliphatic carbocycles. The fourth-order valence-electron chi connectivity index (χ4n) is 4.46. The highest BCUT2D eigenvalue weighted by Crippen LogP contribution is 2.29. The quantitative estimate of drug-likeness (QED) is 0.758. The third-order valence-corrected chi connectivity index (χ3v) is 6.48. The lowest BCUT2D eigenvalue weighted by Crippen LogP contribution is -2.56. The number of rotatable bonds is 4. The van der Waals surface area contributed by atoms with E-state index in [1.165, 1.54) is 18.3 Å². The van der Waals surface area contributed by atoms with Gasteiger partial charge in [-0.3, -0.25) is 19.3 Å². The molecule has 0 bridgehead atoms. The average Bonchev–Trinajstić information content (AvgIpc) is 2.89. The van der Waals surface area contributed by atoms with Gasteiger partial charge >= 0.3 is 0 Å². The largest absolute Gasteiger partial charge is 0.503 e. The van der Waals surface area contributed by atoms with Crippen LogP contribution in [0.2, 0.25) is 0 Å². The number of hydrogen-bond acceptors (Lipinski definition) is 5. The maximum Gasteiger partial charge on any atom is 0.275 e. The summed E-state index contributed by atoms with van der Waals surface area (Å²) in [6.45, 7) is 3.04. The number of ketones is 1. The van der Waals surface area contributed by atoms with Gasteiger partial charge < -0.3 is 14.6 Å². The van der Waals surface area contributed by atoms with E-state index in [1.807, 2.05) is 7.05 Å². The maximum atomic E-state index is 13.1. The van der Waals surface area contributed by atoms with Crippen molar-refractivity contribution in [1.29, 1.82) is 0 Å². The molecule has 1 saturated heterocycles. The van der Waals surface area contributed by atoms with Crippen LogP contribution in [0.3, 0.4) is 0 Å². The lowest BCUT2D eigenvalue weighted by Gasteiger charge is -2.42. The normalized spacial score (nSPS) is 21.4. The number of carbonyl (C=O) groups excluding carboxylic acids is 2. The SMILES string of the molecule is C[C@H]1CCCN2C(=O)c3c(O)c(=O)c(C(=O)CCc4ccc(F)cc4)cn3CC2N1C. The number of carbonyl (C=O) groups is 2. The molecule has 164 valence electrons. The van der Waals surface area contributed by atoms with Crippen molar-refractivity contribution in [3.8, 4) is 5.75 Å². The summed E-state index contributed by atoms with van der Waals surface area (Å²) in [7, 11) is 1.96. The molecule has 0 saturated carbocycles. The van der Waals surface area contributed by atoms with Gasteiger partial charge in [0.1, 0.15) is 12.0 Å². The molecular weight excluding hydrogens is 401 g/mol. The van der Waals surface area contributed by atoms with E-state index in [4.69, 9.17) is 0 Å². The van der Waals surface area contributed by atoms with Gasteiger partial charge in [-0.25, -0.2) is 4.39 Å². The lowest BCUT2D eigenvalue weighted by atomic mass is 10.0. The molecular formula is C23H26FN3O4. The Kier molecular flexibility index (Phi) is 5.66. The molecule has 1 amide bonds. The van der Waals surface area contributed by atoms with E-state index in [-0.39, 0.29) is 35.7 Å². The Bertz CT molecular complexity index is 1080.